The summed E-state index contributed by atoms with van der Waals surface area (Å²) in [6.07, 6.45) is 2.02. The number of furan rings is 1. The minimum atomic E-state index is 0.908. The van der Waals surface area contributed by atoms with Crippen molar-refractivity contribution in [2.75, 3.05) is 0 Å². The summed E-state index contributed by atoms with van der Waals surface area (Å²) in [6.45, 7) is 8.65. The van der Waals surface area contributed by atoms with Crippen LogP contribution in [0.1, 0.15) is 21.6 Å². The molecule has 0 unspecified atom stereocenters. The first kappa shape index (κ1) is 19.3. The molecule has 0 aliphatic carbocycles. The van der Waals surface area contributed by atoms with E-state index in [9.17, 15) is 0 Å². The zero-order valence-electron chi connectivity index (χ0n) is 18.6. The summed E-state index contributed by atoms with van der Waals surface area (Å²) in [5, 5.41) is 3.50. The molecule has 0 atom stereocenters. The predicted molar refractivity (Wildman–Crippen MR) is 137 cm³/mol. The normalized spacial score (nSPS) is 11.8. The second kappa shape index (κ2) is 7.04. The van der Waals surface area contributed by atoms with Crippen molar-refractivity contribution in [3.8, 4) is 22.4 Å². The highest BCUT2D eigenvalue weighted by Crippen LogP contribution is 2.41. The van der Waals surface area contributed by atoms with E-state index < -0.39 is 0 Å². The second-order valence-corrected chi connectivity index (χ2v) is 9.93. The molecule has 32 heavy (non-hydrogen) atoms. The van der Waals surface area contributed by atoms with Crippen LogP contribution in [0.25, 0.3) is 54.4 Å². The number of hydrogen-bond donors (Lipinski definition) is 0. The molecule has 0 fully saturated rings. The second-order valence-electron chi connectivity index (χ2n) is 8.65. The summed E-state index contributed by atoms with van der Waals surface area (Å²) in [7, 11) is 0. The van der Waals surface area contributed by atoms with Gasteiger partial charge in [0.15, 0.2) is 0 Å². The molecule has 156 valence electrons. The summed E-state index contributed by atoms with van der Waals surface area (Å²) in [5.74, 6) is 0. The number of benzene rings is 3. The maximum absolute atomic E-state index is 6.52. The van der Waals surface area contributed by atoms with Crippen molar-refractivity contribution < 1.29 is 4.42 Å². The number of thiophene rings is 1. The van der Waals surface area contributed by atoms with Crippen LogP contribution < -0.4 is 0 Å². The first-order chi connectivity index (χ1) is 15.5. The molecule has 6 aromatic rings. The lowest BCUT2D eigenvalue weighted by Crippen LogP contribution is -1.94. The standard InChI is InChI=1S/C29H23NOS/c1-16-7-5-8-17(2)27(16)24-15-30-25(13-18(24)3)22-10-6-9-20-21-11-12-26-23(14-19(4)32-26)29(21)31-28(20)22/h5-15H,1-4H3. The van der Waals surface area contributed by atoms with E-state index in [4.69, 9.17) is 9.40 Å². The lowest BCUT2D eigenvalue weighted by molar-refractivity contribution is 0.673. The Morgan fingerprint density at radius 2 is 1.44 bits per heavy atom. The Kier molecular flexibility index (Phi) is 4.24. The van der Waals surface area contributed by atoms with Gasteiger partial charge in [-0.05, 0) is 80.3 Å². The van der Waals surface area contributed by atoms with E-state index in [-0.39, 0.29) is 0 Å². The van der Waals surface area contributed by atoms with Crippen LogP contribution in [0.15, 0.2) is 71.3 Å². The predicted octanol–water partition coefficient (Wildman–Crippen LogP) is 8.76. The molecule has 0 N–H and O–H groups in total. The average molecular weight is 434 g/mol. The van der Waals surface area contributed by atoms with Gasteiger partial charge in [-0.15, -0.1) is 11.3 Å². The number of aromatic nitrogens is 1. The first-order valence-electron chi connectivity index (χ1n) is 10.9. The van der Waals surface area contributed by atoms with Gasteiger partial charge in [-0.2, -0.15) is 0 Å². The van der Waals surface area contributed by atoms with Gasteiger partial charge in [-0.3, -0.25) is 4.98 Å². The Morgan fingerprint density at radius 1 is 0.688 bits per heavy atom. The van der Waals surface area contributed by atoms with Gasteiger partial charge >= 0.3 is 0 Å². The van der Waals surface area contributed by atoms with Gasteiger partial charge in [0.05, 0.1) is 5.69 Å². The quantitative estimate of drug-likeness (QED) is 0.273. The molecule has 0 bridgehead atoms. The highest BCUT2D eigenvalue weighted by Gasteiger charge is 2.17. The molecule has 0 spiro atoms. The van der Waals surface area contributed by atoms with Crippen molar-refractivity contribution in [2.45, 2.75) is 27.7 Å². The maximum atomic E-state index is 6.52. The van der Waals surface area contributed by atoms with Gasteiger partial charge in [0.2, 0.25) is 0 Å². The van der Waals surface area contributed by atoms with Crippen LogP contribution in [0.2, 0.25) is 0 Å². The zero-order chi connectivity index (χ0) is 22.0. The molecule has 2 nitrogen and oxygen atoms in total. The number of hydrogen-bond acceptors (Lipinski definition) is 3. The Morgan fingerprint density at radius 3 is 2.22 bits per heavy atom. The molecule has 0 amide bonds. The monoisotopic (exact) mass is 433 g/mol. The number of aryl methyl sites for hydroxylation is 4. The van der Waals surface area contributed by atoms with Crippen LogP contribution >= 0.6 is 11.3 Å². The summed E-state index contributed by atoms with van der Waals surface area (Å²) in [6, 6.07) is 21.6. The third-order valence-electron chi connectivity index (χ3n) is 6.42. The Hall–Kier alpha value is -3.43. The molecule has 3 heteroatoms. The van der Waals surface area contributed by atoms with E-state index in [1.54, 1.807) is 0 Å². The van der Waals surface area contributed by atoms with Crippen molar-refractivity contribution in [3.05, 3.63) is 88.4 Å². The highest BCUT2D eigenvalue weighted by atomic mass is 32.1. The Balaban J connectivity index is 1.57. The van der Waals surface area contributed by atoms with Crippen molar-refractivity contribution in [1.29, 1.82) is 0 Å². The van der Waals surface area contributed by atoms with Gasteiger partial charge in [0.25, 0.3) is 0 Å². The van der Waals surface area contributed by atoms with Gasteiger partial charge in [-0.25, -0.2) is 0 Å². The van der Waals surface area contributed by atoms with E-state index in [0.29, 0.717) is 0 Å². The van der Waals surface area contributed by atoms with E-state index in [0.717, 1.165) is 33.2 Å². The molecule has 3 aromatic heterocycles. The third-order valence-corrected chi connectivity index (χ3v) is 7.44. The number of fused-ring (bicyclic) bond motifs is 5. The molecule has 3 aromatic carbocycles. The SMILES string of the molecule is Cc1cc2c(ccc3c4cccc(-c5cc(C)c(-c6c(C)cccc6C)cn5)c4oc23)s1. The number of rotatable bonds is 2. The number of para-hydroxylation sites is 1. The van der Waals surface area contributed by atoms with E-state index >= 15 is 0 Å². The summed E-state index contributed by atoms with van der Waals surface area (Å²) in [4.78, 5) is 6.20. The van der Waals surface area contributed by atoms with Crippen LogP contribution in [0.3, 0.4) is 0 Å². The van der Waals surface area contributed by atoms with Crippen molar-refractivity contribution in [2.24, 2.45) is 0 Å². The largest absolute Gasteiger partial charge is 0.455 e. The zero-order valence-corrected chi connectivity index (χ0v) is 19.4. The van der Waals surface area contributed by atoms with Gasteiger partial charge < -0.3 is 4.42 Å². The molecule has 0 radical (unpaired) electrons. The van der Waals surface area contributed by atoms with Gasteiger partial charge in [-0.1, -0.05) is 30.3 Å². The van der Waals surface area contributed by atoms with Crippen LogP contribution in [-0.4, -0.2) is 4.98 Å². The summed E-state index contributed by atoms with van der Waals surface area (Å²) < 4.78 is 7.79. The fraction of sp³-hybridized carbons (Fsp3) is 0.138. The van der Waals surface area contributed by atoms with E-state index in [2.05, 4.69) is 88.4 Å². The van der Waals surface area contributed by atoms with Crippen molar-refractivity contribution in [1.82, 2.24) is 4.98 Å². The van der Waals surface area contributed by atoms with Crippen LogP contribution in [0, 0.1) is 27.7 Å². The minimum absolute atomic E-state index is 0.908. The van der Waals surface area contributed by atoms with Crippen molar-refractivity contribution in [3.63, 3.8) is 0 Å². The van der Waals surface area contributed by atoms with Crippen LogP contribution in [0.4, 0.5) is 0 Å². The topological polar surface area (TPSA) is 26.0 Å². The van der Waals surface area contributed by atoms with Gasteiger partial charge in [0, 0.05) is 43.1 Å². The highest BCUT2D eigenvalue weighted by molar-refractivity contribution is 7.19. The summed E-state index contributed by atoms with van der Waals surface area (Å²) >= 11 is 1.81. The van der Waals surface area contributed by atoms with Crippen LogP contribution in [0.5, 0.6) is 0 Å². The third kappa shape index (κ3) is 2.81. The number of nitrogens with zero attached hydrogens (tertiary/aromatic N) is 1. The average Bonchev–Trinajstić information content (AvgIpc) is 3.34. The van der Waals surface area contributed by atoms with E-state index in [1.807, 2.05) is 17.5 Å². The molecular weight excluding hydrogens is 410 g/mol. The fourth-order valence-corrected chi connectivity index (χ4v) is 5.82. The smallest absolute Gasteiger partial charge is 0.144 e. The molecule has 0 saturated heterocycles. The van der Waals surface area contributed by atoms with Crippen LogP contribution in [-0.2, 0) is 0 Å². The first-order valence-corrected chi connectivity index (χ1v) is 11.7. The lowest BCUT2D eigenvalue weighted by atomic mass is 9.93. The molecular formula is C29H23NOS. The molecule has 0 saturated carbocycles. The Labute approximate surface area is 191 Å². The van der Waals surface area contributed by atoms with E-state index in [1.165, 1.54) is 42.8 Å². The molecule has 6 rings (SSSR count). The van der Waals surface area contributed by atoms with Crippen molar-refractivity contribution >= 4 is 43.4 Å². The number of pyridine rings is 1. The summed E-state index contributed by atoms with van der Waals surface area (Å²) in [5.41, 5.74) is 10.1. The molecule has 0 aliphatic rings. The van der Waals surface area contributed by atoms with Gasteiger partial charge in [0.1, 0.15) is 11.2 Å². The molecule has 0 aliphatic heterocycles. The maximum Gasteiger partial charge on any atom is 0.144 e. The Bertz CT molecular complexity index is 1650. The lowest BCUT2D eigenvalue weighted by Gasteiger charge is -2.13. The fourth-order valence-electron chi connectivity index (χ4n) is 4.90. The molecule has 3 heterocycles. The minimum Gasteiger partial charge on any atom is -0.455 e.